The lowest BCUT2D eigenvalue weighted by molar-refractivity contribution is 0.00153. The summed E-state index contributed by atoms with van der Waals surface area (Å²) in [5.41, 5.74) is 6.35. The maximum absolute atomic E-state index is 6.13. The summed E-state index contributed by atoms with van der Waals surface area (Å²) in [6.45, 7) is 12.5. The molecule has 1 aliphatic rings. The maximum atomic E-state index is 6.13. The molecule has 2 N–H and O–H groups in total. The highest BCUT2D eigenvalue weighted by Gasteiger charge is 2.38. The van der Waals surface area contributed by atoms with Gasteiger partial charge >= 0.3 is 0 Å². The summed E-state index contributed by atoms with van der Waals surface area (Å²) in [7, 11) is 0. The highest BCUT2D eigenvalue weighted by molar-refractivity contribution is 4.95. The number of likely N-dealkylation sites (N-methyl/N-ethyl adjacent to an activating group) is 1. The molecule has 2 atom stereocenters. The van der Waals surface area contributed by atoms with Crippen molar-refractivity contribution in [1.82, 2.24) is 4.90 Å². The molecule has 3 heteroatoms. The van der Waals surface area contributed by atoms with Crippen LogP contribution in [0.4, 0.5) is 0 Å². The molecule has 2 unspecified atom stereocenters. The molecule has 0 bridgehead atoms. The van der Waals surface area contributed by atoms with Gasteiger partial charge in [0.15, 0.2) is 0 Å². The van der Waals surface area contributed by atoms with Gasteiger partial charge in [-0.3, -0.25) is 4.90 Å². The molecule has 0 aromatic heterocycles. The minimum atomic E-state index is 0.229. The first kappa shape index (κ1) is 15.9. The zero-order valence-corrected chi connectivity index (χ0v) is 12.7. The number of nitrogens with two attached hydrogens (primary N) is 1. The van der Waals surface area contributed by atoms with Crippen LogP contribution in [0.15, 0.2) is 0 Å². The third-order valence-corrected chi connectivity index (χ3v) is 4.31. The molecule has 108 valence electrons. The van der Waals surface area contributed by atoms with Crippen molar-refractivity contribution in [2.75, 3.05) is 26.2 Å². The fourth-order valence-electron chi connectivity index (χ4n) is 3.36. The Balaban J connectivity index is 2.58. The summed E-state index contributed by atoms with van der Waals surface area (Å²) in [4.78, 5) is 2.56. The van der Waals surface area contributed by atoms with Crippen LogP contribution in [0.5, 0.6) is 0 Å². The average Bonchev–Trinajstić information content (AvgIpc) is 2.34. The second-order valence-corrected chi connectivity index (χ2v) is 6.13. The van der Waals surface area contributed by atoms with E-state index in [0.717, 1.165) is 32.2 Å². The Labute approximate surface area is 113 Å². The molecular formula is C15H32N2O. The van der Waals surface area contributed by atoms with E-state index in [4.69, 9.17) is 10.5 Å². The Kier molecular flexibility index (Phi) is 6.61. The SMILES string of the molecule is CCN(CCOC(C)C)C1(CN)CCCC(C)C1. The first-order valence-electron chi connectivity index (χ1n) is 7.61. The lowest BCUT2D eigenvalue weighted by Gasteiger charge is -2.47. The van der Waals surface area contributed by atoms with Crippen LogP contribution in [0, 0.1) is 5.92 Å². The third kappa shape index (κ3) is 4.22. The lowest BCUT2D eigenvalue weighted by Crippen LogP contribution is -2.57. The zero-order chi connectivity index (χ0) is 13.6. The van der Waals surface area contributed by atoms with Crippen LogP contribution in [0.1, 0.15) is 53.4 Å². The maximum Gasteiger partial charge on any atom is 0.0597 e. The van der Waals surface area contributed by atoms with E-state index in [-0.39, 0.29) is 5.54 Å². The summed E-state index contributed by atoms with van der Waals surface area (Å²) in [6.07, 6.45) is 5.51. The van der Waals surface area contributed by atoms with Crippen molar-refractivity contribution >= 4 is 0 Å². The molecule has 1 saturated carbocycles. The first-order chi connectivity index (χ1) is 8.54. The van der Waals surface area contributed by atoms with Crippen LogP contribution in [0.3, 0.4) is 0 Å². The molecule has 0 heterocycles. The number of hydrogen-bond donors (Lipinski definition) is 1. The van der Waals surface area contributed by atoms with Crippen molar-refractivity contribution in [2.45, 2.75) is 65.0 Å². The van der Waals surface area contributed by atoms with Crippen molar-refractivity contribution in [3.05, 3.63) is 0 Å². The molecular weight excluding hydrogens is 224 g/mol. The van der Waals surface area contributed by atoms with Crippen LogP contribution >= 0.6 is 0 Å². The molecule has 18 heavy (non-hydrogen) atoms. The van der Waals surface area contributed by atoms with E-state index in [0.29, 0.717) is 6.10 Å². The molecule has 3 nitrogen and oxygen atoms in total. The highest BCUT2D eigenvalue weighted by atomic mass is 16.5. The number of nitrogens with zero attached hydrogens (tertiary/aromatic N) is 1. The van der Waals surface area contributed by atoms with Gasteiger partial charge in [-0.1, -0.05) is 26.7 Å². The summed E-state index contributed by atoms with van der Waals surface area (Å²) in [5, 5.41) is 0. The average molecular weight is 256 g/mol. The van der Waals surface area contributed by atoms with E-state index in [1.54, 1.807) is 0 Å². The third-order valence-electron chi connectivity index (χ3n) is 4.31. The molecule has 1 rings (SSSR count). The van der Waals surface area contributed by atoms with Gasteiger partial charge in [0, 0.05) is 18.6 Å². The number of rotatable bonds is 7. The van der Waals surface area contributed by atoms with Crippen LogP contribution in [0.25, 0.3) is 0 Å². The Morgan fingerprint density at radius 2 is 2.17 bits per heavy atom. The normalized spacial score (nSPS) is 29.2. The van der Waals surface area contributed by atoms with Gasteiger partial charge in [-0.15, -0.1) is 0 Å². The van der Waals surface area contributed by atoms with Gasteiger partial charge < -0.3 is 10.5 Å². The van der Waals surface area contributed by atoms with Crippen LogP contribution in [-0.2, 0) is 4.74 Å². The van der Waals surface area contributed by atoms with Gasteiger partial charge in [0.25, 0.3) is 0 Å². The van der Waals surface area contributed by atoms with Gasteiger partial charge in [0.1, 0.15) is 0 Å². The highest BCUT2D eigenvalue weighted by Crippen LogP contribution is 2.36. The van der Waals surface area contributed by atoms with E-state index in [1.165, 1.54) is 25.7 Å². The van der Waals surface area contributed by atoms with Crippen molar-refractivity contribution in [2.24, 2.45) is 11.7 Å². The van der Waals surface area contributed by atoms with Gasteiger partial charge in [-0.2, -0.15) is 0 Å². The van der Waals surface area contributed by atoms with E-state index in [2.05, 4.69) is 32.6 Å². The largest absolute Gasteiger partial charge is 0.377 e. The Morgan fingerprint density at radius 3 is 2.67 bits per heavy atom. The van der Waals surface area contributed by atoms with Crippen molar-refractivity contribution < 1.29 is 4.74 Å². The van der Waals surface area contributed by atoms with E-state index in [9.17, 15) is 0 Å². The lowest BCUT2D eigenvalue weighted by atomic mass is 9.75. The second kappa shape index (κ2) is 7.46. The summed E-state index contributed by atoms with van der Waals surface area (Å²) < 4.78 is 5.70. The first-order valence-corrected chi connectivity index (χ1v) is 7.61. The fourth-order valence-corrected chi connectivity index (χ4v) is 3.36. The molecule has 0 amide bonds. The quantitative estimate of drug-likeness (QED) is 0.761. The monoisotopic (exact) mass is 256 g/mol. The van der Waals surface area contributed by atoms with Crippen molar-refractivity contribution in [3.8, 4) is 0 Å². The molecule has 0 aromatic rings. The van der Waals surface area contributed by atoms with Gasteiger partial charge in [0.2, 0.25) is 0 Å². The Morgan fingerprint density at radius 1 is 1.44 bits per heavy atom. The molecule has 0 radical (unpaired) electrons. The van der Waals surface area contributed by atoms with Crippen molar-refractivity contribution in [1.29, 1.82) is 0 Å². The van der Waals surface area contributed by atoms with Gasteiger partial charge in [0.05, 0.1) is 12.7 Å². The Hall–Kier alpha value is -0.120. The van der Waals surface area contributed by atoms with E-state index < -0.39 is 0 Å². The summed E-state index contributed by atoms with van der Waals surface area (Å²) in [5.74, 6) is 0.808. The van der Waals surface area contributed by atoms with E-state index in [1.807, 2.05) is 0 Å². The molecule has 0 spiro atoms. The van der Waals surface area contributed by atoms with Crippen LogP contribution in [0.2, 0.25) is 0 Å². The fraction of sp³-hybridized carbons (Fsp3) is 1.00. The standard InChI is InChI=1S/C15H32N2O/c1-5-17(9-10-18-13(2)3)15(12-16)8-6-7-14(4)11-15/h13-14H,5-12,16H2,1-4H3. The van der Waals surface area contributed by atoms with E-state index >= 15 is 0 Å². The number of hydrogen-bond acceptors (Lipinski definition) is 3. The minimum absolute atomic E-state index is 0.229. The summed E-state index contributed by atoms with van der Waals surface area (Å²) in [6, 6.07) is 0. The molecule has 0 aromatic carbocycles. The number of ether oxygens (including phenoxy) is 1. The second-order valence-electron chi connectivity index (χ2n) is 6.13. The molecule has 0 saturated heterocycles. The predicted molar refractivity (Wildman–Crippen MR) is 77.8 cm³/mol. The minimum Gasteiger partial charge on any atom is -0.377 e. The van der Waals surface area contributed by atoms with Gasteiger partial charge in [-0.25, -0.2) is 0 Å². The van der Waals surface area contributed by atoms with Crippen LogP contribution < -0.4 is 5.73 Å². The Bertz CT molecular complexity index is 233. The van der Waals surface area contributed by atoms with Crippen molar-refractivity contribution in [3.63, 3.8) is 0 Å². The van der Waals surface area contributed by atoms with Gasteiger partial charge in [-0.05, 0) is 39.2 Å². The topological polar surface area (TPSA) is 38.5 Å². The predicted octanol–water partition coefficient (Wildman–Crippen LogP) is 2.64. The summed E-state index contributed by atoms with van der Waals surface area (Å²) >= 11 is 0. The zero-order valence-electron chi connectivity index (χ0n) is 12.7. The molecule has 0 aliphatic heterocycles. The molecule has 1 fully saturated rings. The smallest absolute Gasteiger partial charge is 0.0597 e. The van der Waals surface area contributed by atoms with Crippen LogP contribution in [-0.4, -0.2) is 42.8 Å². The molecule has 1 aliphatic carbocycles.